The van der Waals surface area contributed by atoms with Crippen LogP contribution in [-0.4, -0.2) is 55.6 Å². The van der Waals surface area contributed by atoms with Gasteiger partial charge in [-0.05, 0) is 18.6 Å². The van der Waals surface area contributed by atoms with E-state index in [2.05, 4.69) is 5.32 Å². The van der Waals surface area contributed by atoms with Crippen LogP contribution in [0.1, 0.15) is 12.8 Å². The van der Waals surface area contributed by atoms with Gasteiger partial charge in [-0.3, -0.25) is 4.79 Å². The summed E-state index contributed by atoms with van der Waals surface area (Å²) in [5, 5.41) is 11.3. The average Bonchev–Trinajstić information content (AvgIpc) is 2.64. The van der Waals surface area contributed by atoms with Crippen LogP contribution in [0, 0.1) is 5.92 Å². The summed E-state index contributed by atoms with van der Waals surface area (Å²) in [6.07, 6.45) is 1.21. The van der Waals surface area contributed by atoms with Crippen LogP contribution in [-0.2, 0) is 14.6 Å². The number of aliphatic hydroxyl groups excluding tert-OH is 1. The number of hydrogen-bond donors (Lipinski definition) is 2. The van der Waals surface area contributed by atoms with E-state index in [0.29, 0.717) is 13.0 Å². The summed E-state index contributed by atoms with van der Waals surface area (Å²) in [7, 11) is -2.98. The highest BCUT2D eigenvalue weighted by atomic mass is 32.2. The third-order valence-corrected chi connectivity index (χ3v) is 5.43. The first-order valence-electron chi connectivity index (χ1n) is 5.72. The highest BCUT2D eigenvalue weighted by Crippen LogP contribution is 2.18. The van der Waals surface area contributed by atoms with Gasteiger partial charge in [0.05, 0.1) is 17.4 Å². The number of nitrogens with one attached hydrogen (secondary N) is 1. The fourth-order valence-corrected chi connectivity index (χ4v) is 4.19. The first-order valence-corrected chi connectivity index (χ1v) is 8.69. The van der Waals surface area contributed by atoms with Crippen molar-refractivity contribution in [2.24, 2.45) is 5.92 Å². The second kappa shape index (κ2) is 7.23. The molecule has 0 spiro atoms. The van der Waals surface area contributed by atoms with Gasteiger partial charge in [-0.15, -0.1) is 0 Å². The lowest BCUT2D eigenvalue weighted by molar-refractivity contribution is -0.124. The van der Waals surface area contributed by atoms with Gasteiger partial charge in [0, 0.05) is 18.9 Å². The quantitative estimate of drug-likeness (QED) is 0.623. The Morgan fingerprint density at radius 2 is 2.18 bits per heavy atom. The van der Waals surface area contributed by atoms with Gasteiger partial charge in [0.25, 0.3) is 0 Å². The van der Waals surface area contributed by atoms with E-state index in [9.17, 15) is 13.2 Å². The van der Waals surface area contributed by atoms with Crippen LogP contribution < -0.4 is 5.32 Å². The van der Waals surface area contributed by atoms with Gasteiger partial charge in [-0.1, -0.05) is 0 Å². The first kappa shape index (κ1) is 14.8. The van der Waals surface area contributed by atoms with Gasteiger partial charge >= 0.3 is 0 Å². The highest BCUT2D eigenvalue weighted by molar-refractivity contribution is 7.99. The van der Waals surface area contributed by atoms with E-state index in [-0.39, 0.29) is 29.9 Å². The van der Waals surface area contributed by atoms with Crippen molar-refractivity contribution in [1.29, 1.82) is 0 Å². The molecule has 1 atom stereocenters. The number of hydrogen-bond acceptors (Lipinski definition) is 5. The van der Waals surface area contributed by atoms with Crippen molar-refractivity contribution in [2.45, 2.75) is 12.8 Å². The molecule has 1 fully saturated rings. The van der Waals surface area contributed by atoms with Crippen LogP contribution in [0.2, 0.25) is 0 Å². The maximum atomic E-state index is 11.6. The Balaban J connectivity index is 2.10. The van der Waals surface area contributed by atoms with E-state index < -0.39 is 9.84 Å². The largest absolute Gasteiger partial charge is 0.396 e. The first-order chi connectivity index (χ1) is 8.05. The zero-order valence-corrected chi connectivity index (χ0v) is 11.4. The Morgan fingerprint density at radius 1 is 1.41 bits per heavy atom. The summed E-state index contributed by atoms with van der Waals surface area (Å²) in [5.74, 6) is 1.30. The minimum atomic E-state index is -2.98. The maximum Gasteiger partial charge on any atom is 0.224 e. The van der Waals surface area contributed by atoms with Gasteiger partial charge in [0.15, 0.2) is 9.84 Å². The molecule has 0 aromatic rings. The lowest BCUT2D eigenvalue weighted by Gasteiger charge is -2.08. The molecule has 0 aromatic carbocycles. The molecule has 0 radical (unpaired) electrons. The SMILES string of the molecule is O=C(NCCSCCCO)C1CCS(=O)(=O)C1. The van der Waals surface area contributed by atoms with Crippen molar-refractivity contribution in [1.82, 2.24) is 5.32 Å². The van der Waals surface area contributed by atoms with Gasteiger partial charge in [0.1, 0.15) is 0 Å². The molecule has 7 heteroatoms. The fourth-order valence-electron chi connectivity index (χ4n) is 1.66. The van der Waals surface area contributed by atoms with Crippen LogP contribution in [0.4, 0.5) is 0 Å². The molecular weight excluding hydrogens is 262 g/mol. The minimum Gasteiger partial charge on any atom is -0.396 e. The molecule has 100 valence electrons. The van der Waals surface area contributed by atoms with Crippen molar-refractivity contribution >= 4 is 27.5 Å². The molecule has 1 amide bonds. The fraction of sp³-hybridized carbons (Fsp3) is 0.900. The smallest absolute Gasteiger partial charge is 0.224 e. The van der Waals surface area contributed by atoms with E-state index in [1.165, 1.54) is 0 Å². The molecule has 5 nitrogen and oxygen atoms in total. The molecule has 0 saturated carbocycles. The molecule has 17 heavy (non-hydrogen) atoms. The van der Waals surface area contributed by atoms with Crippen LogP contribution in [0.15, 0.2) is 0 Å². The third kappa shape index (κ3) is 5.74. The lowest BCUT2D eigenvalue weighted by atomic mass is 10.1. The maximum absolute atomic E-state index is 11.6. The molecule has 0 bridgehead atoms. The number of rotatable bonds is 7. The van der Waals surface area contributed by atoms with Crippen molar-refractivity contribution in [2.75, 3.05) is 36.2 Å². The van der Waals surface area contributed by atoms with Gasteiger partial charge < -0.3 is 10.4 Å². The summed E-state index contributed by atoms with van der Waals surface area (Å²) in [6.45, 7) is 0.755. The summed E-state index contributed by atoms with van der Waals surface area (Å²) >= 11 is 1.67. The van der Waals surface area contributed by atoms with Crippen LogP contribution in [0.3, 0.4) is 0 Å². The number of sulfone groups is 1. The van der Waals surface area contributed by atoms with E-state index in [1.807, 2.05) is 0 Å². The molecule has 0 aromatic heterocycles. The molecule has 1 heterocycles. The van der Waals surface area contributed by atoms with Crippen molar-refractivity contribution in [3.63, 3.8) is 0 Å². The third-order valence-electron chi connectivity index (χ3n) is 2.60. The van der Waals surface area contributed by atoms with Gasteiger partial charge in [-0.2, -0.15) is 11.8 Å². The molecule has 1 aliphatic heterocycles. The second-order valence-electron chi connectivity index (χ2n) is 4.08. The highest BCUT2D eigenvalue weighted by Gasteiger charge is 2.32. The standard InChI is InChI=1S/C10H19NO4S2/c12-4-1-5-16-6-3-11-10(13)9-2-7-17(14,15)8-9/h9,12H,1-8H2,(H,11,13). The van der Waals surface area contributed by atoms with Crippen LogP contribution in [0.5, 0.6) is 0 Å². The van der Waals surface area contributed by atoms with Crippen LogP contribution in [0.25, 0.3) is 0 Å². The molecule has 1 saturated heterocycles. The Hall–Kier alpha value is -0.270. The number of amides is 1. The van der Waals surface area contributed by atoms with Gasteiger partial charge in [-0.25, -0.2) is 8.42 Å². The molecule has 0 aliphatic carbocycles. The van der Waals surface area contributed by atoms with E-state index in [0.717, 1.165) is 17.9 Å². The molecular formula is C10H19NO4S2. The summed E-state index contributed by atoms with van der Waals surface area (Å²) in [4.78, 5) is 11.6. The molecule has 1 rings (SSSR count). The topological polar surface area (TPSA) is 83.5 Å². The average molecular weight is 281 g/mol. The number of carbonyl (C=O) groups excluding carboxylic acids is 1. The summed E-state index contributed by atoms with van der Waals surface area (Å²) in [6, 6.07) is 0. The van der Waals surface area contributed by atoms with Crippen molar-refractivity contribution < 1.29 is 18.3 Å². The van der Waals surface area contributed by atoms with E-state index in [4.69, 9.17) is 5.11 Å². The zero-order valence-electron chi connectivity index (χ0n) is 9.72. The zero-order chi connectivity index (χ0) is 12.7. The minimum absolute atomic E-state index is 0.00348. The predicted octanol–water partition coefficient (Wildman–Crippen LogP) is -0.347. The Kier molecular flexibility index (Phi) is 6.29. The molecule has 1 aliphatic rings. The lowest BCUT2D eigenvalue weighted by Crippen LogP contribution is -2.32. The molecule has 2 N–H and O–H groups in total. The summed E-state index contributed by atoms with van der Waals surface area (Å²) in [5.41, 5.74) is 0. The number of carbonyl (C=O) groups is 1. The normalized spacial score (nSPS) is 22.5. The van der Waals surface area contributed by atoms with Crippen molar-refractivity contribution in [3.05, 3.63) is 0 Å². The van der Waals surface area contributed by atoms with Crippen LogP contribution >= 0.6 is 11.8 Å². The number of aliphatic hydroxyl groups is 1. The monoisotopic (exact) mass is 281 g/mol. The molecule has 1 unspecified atom stereocenters. The Morgan fingerprint density at radius 3 is 2.76 bits per heavy atom. The Bertz CT molecular complexity index is 342. The second-order valence-corrected chi connectivity index (χ2v) is 7.53. The van der Waals surface area contributed by atoms with Gasteiger partial charge in [0.2, 0.25) is 5.91 Å². The van der Waals surface area contributed by atoms with E-state index in [1.54, 1.807) is 11.8 Å². The predicted molar refractivity (Wildman–Crippen MR) is 68.8 cm³/mol. The summed E-state index contributed by atoms with van der Waals surface area (Å²) < 4.78 is 22.4. The van der Waals surface area contributed by atoms with E-state index >= 15 is 0 Å². The van der Waals surface area contributed by atoms with Crippen molar-refractivity contribution in [3.8, 4) is 0 Å². The number of thioether (sulfide) groups is 1. The Labute approximate surface area is 106 Å².